The zero-order valence-corrected chi connectivity index (χ0v) is 7.00. The van der Waals surface area contributed by atoms with Gasteiger partial charge in [0.15, 0.2) is 0 Å². The Morgan fingerprint density at radius 3 is 2.64 bits per heavy atom. The molecule has 3 aliphatic rings. The molecule has 0 heterocycles. The van der Waals surface area contributed by atoms with Crippen LogP contribution in [0.2, 0.25) is 0 Å². The van der Waals surface area contributed by atoms with Crippen molar-refractivity contribution in [3.63, 3.8) is 0 Å². The van der Waals surface area contributed by atoms with Gasteiger partial charge in [0.05, 0.1) is 0 Å². The van der Waals surface area contributed by atoms with E-state index in [1.54, 1.807) is 6.42 Å². The van der Waals surface area contributed by atoms with E-state index in [0.717, 1.165) is 36.1 Å². The molecule has 0 aromatic carbocycles. The van der Waals surface area contributed by atoms with Crippen molar-refractivity contribution in [1.29, 1.82) is 0 Å². The molecule has 0 radical (unpaired) electrons. The first-order chi connectivity index (χ1) is 5.40. The second kappa shape index (κ2) is 2.01. The van der Waals surface area contributed by atoms with Gasteiger partial charge in [-0.05, 0) is 55.4 Å². The van der Waals surface area contributed by atoms with Crippen LogP contribution in [0, 0.1) is 29.6 Å². The predicted molar refractivity (Wildman–Crippen MR) is 45.0 cm³/mol. The molecule has 0 saturated heterocycles. The van der Waals surface area contributed by atoms with Gasteiger partial charge in [0.25, 0.3) is 0 Å². The zero-order chi connectivity index (χ0) is 7.42. The minimum atomic E-state index is 0.937. The lowest BCUT2D eigenvalue weighted by Gasteiger charge is -2.49. The molecule has 1 nitrogen and oxygen atoms in total. The van der Waals surface area contributed by atoms with Gasteiger partial charge in [-0.15, -0.1) is 0 Å². The van der Waals surface area contributed by atoms with E-state index in [1.165, 1.54) is 19.3 Å². The summed E-state index contributed by atoms with van der Waals surface area (Å²) >= 11 is 0. The summed E-state index contributed by atoms with van der Waals surface area (Å²) in [4.78, 5) is 0. The molecule has 0 unspecified atom stereocenters. The monoisotopic (exact) mass is 151 g/mol. The summed E-state index contributed by atoms with van der Waals surface area (Å²) in [6.07, 6.45) is 6.12. The highest BCUT2D eigenvalue weighted by atomic mass is 14.7. The Labute approximate surface area is 68.3 Å². The molecule has 2 bridgehead atoms. The zero-order valence-electron chi connectivity index (χ0n) is 7.00. The Bertz CT molecular complexity index is 172. The van der Waals surface area contributed by atoms with Crippen LogP contribution in [0.5, 0.6) is 0 Å². The summed E-state index contributed by atoms with van der Waals surface area (Å²) in [7, 11) is 0. The van der Waals surface area contributed by atoms with Gasteiger partial charge in [0.2, 0.25) is 0 Å². The van der Waals surface area contributed by atoms with E-state index in [-0.39, 0.29) is 0 Å². The van der Waals surface area contributed by atoms with Crippen molar-refractivity contribution in [1.82, 2.24) is 0 Å². The third-order valence-corrected chi connectivity index (χ3v) is 4.59. The normalized spacial score (nSPS) is 59.2. The lowest BCUT2D eigenvalue weighted by Crippen LogP contribution is -2.47. The van der Waals surface area contributed by atoms with E-state index in [2.05, 4.69) is 0 Å². The van der Waals surface area contributed by atoms with E-state index in [9.17, 15) is 0 Å². The first-order valence-electron chi connectivity index (χ1n) is 5.10. The molecule has 0 amide bonds. The largest absolute Gasteiger partial charge is 0.330 e. The topological polar surface area (TPSA) is 26.0 Å². The van der Waals surface area contributed by atoms with Gasteiger partial charge in [0, 0.05) is 0 Å². The first kappa shape index (κ1) is 6.47. The van der Waals surface area contributed by atoms with Crippen molar-refractivity contribution < 1.29 is 0 Å². The van der Waals surface area contributed by atoms with E-state index in [0.29, 0.717) is 0 Å². The number of hydrogen-bond donors (Lipinski definition) is 1. The number of nitrogens with two attached hydrogens (primary N) is 1. The number of fused-ring (bicyclic) bond motifs is 1. The summed E-state index contributed by atoms with van der Waals surface area (Å²) < 4.78 is 0. The average molecular weight is 151 g/mol. The predicted octanol–water partition coefficient (Wildman–Crippen LogP) is 1.63. The van der Waals surface area contributed by atoms with Crippen molar-refractivity contribution >= 4 is 0 Å². The smallest absolute Gasteiger partial charge is 0.00434 e. The van der Waals surface area contributed by atoms with Crippen LogP contribution >= 0.6 is 0 Å². The summed E-state index contributed by atoms with van der Waals surface area (Å²) in [6.45, 7) is 0.971. The maximum Gasteiger partial charge on any atom is -0.00434 e. The summed E-state index contributed by atoms with van der Waals surface area (Å²) in [5, 5.41) is 0. The second-order valence-electron chi connectivity index (χ2n) is 4.81. The minimum Gasteiger partial charge on any atom is -0.330 e. The van der Waals surface area contributed by atoms with Gasteiger partial charge in [-0.2, -0.15) is 0 Å². The van der Waals surface area contributed by atoms with Gasteiger partial charge < -0.3 is 5.73 Å². The molecule has 0 aromatic rings. The minimum absolute atomic E-state index is 0.937. The van der Waals surface area contributed by atoms with Crippen LogP contribution in [0.4, 0.5) is 0 Å². The molecule has 0 spiro atoms. The van der Waals surface area contributed by atoms with Crippen LogP contribution in [0.3, 0.4) is 0 Å². The molecule has 3 fully saturated rings. The van der Waals surface area contributed by atoms with E-state index >= 15 is 0 Å². The molecule has 0 aliphatic heterocycles. The quantitative estimate of drug-likeness (QED) is 0.605. The fraction of sp³-hybridized carbons (Fsp3) is 1.00. The lowest BCUT2D eigenvalue weighted by molar-refractivity contribution is -0.00160. The van der Waals surface area contributed by atoms with Crippen LogP contribution in [0.1, 0.15) is 25.7 Å². The Kier molecular flexibility index (Phi) is 1.18. The molecule has 1 heteroatoms. The van der Waals surface area contributed by atoms with Gasteiger partial charge >= 0.3 is 0 Å². The highest BCUT2D eigenvalue weighted by molar-refractivity contribution is 5.05. The van der Waals surface area contributed by atoms with Gasteiger partial charge in [-0.25, -0.2) is 0 Å². The maximum atomic E-state index is 5.77. The maximum absolute atomic E-state index is 5.77. The SMILES string of the molecule is NC[C@H]1[C@@H]2CC[C@@H]3C[C@H]1[C@H]2C3. The third-order valence-electron chi connectivity index (χ3n) is 4.59. The molecule has 11 heavy (non-hydrogen) atoms. The standard InChI is InChI=1S/C10H17N/c11-5-10-7-2-1-6-3-8(7)9(10)4-6/h6-10H,1-5,11H2/t6-,7+,8-,9-,10-/m0/s1. The lowest BCUT2D eigenvalue weighted by atomic mass is 9.56. The Hall–Kier alpha value is -0.0400. The average Bonchev–Trinajstić information content (AvgIpc) is 2.20. The van der Waals surface area contributed by atoms with Crippen LogP contribution < -0.4 is 5.73 Å². The highest BCUT2D eigenvalue weighted by Gasteiger charge is 2.56. The highest BCUT2D eigenvalue weighted by Crippen LogP contribution is 2.62. The van der Waals surface area contributed by atoms with Crippen molar-refractivity contribution in [3.05, 3.63) is 0 Å². The summed E-state index contributed by atoms with van der Waals surface area (Å²) in [5.74, 6) is 5.30. The number of hydrogen-bond acceptors (Lipinski definition) is 1. The van der Waals surface area contributed by atoms with E-state index < -0.39 is 0 Å². The van der Waals surface area contributed by atoms with Gasteiger partial charge in [0.1, 0.15) is 0 Å². The first-order valence-corrected chi connectivity index (χ1v) is 5.10. The second-order valence-corrected chi connectivity index (χ2v) is 4.81. The molecule has 3 saturated carbocycles. The van der Waals surface area contributed by atoms with Gasteiger partial charge in [-0.1, -0.05) is 6.42 Å². The fourth-order valence-corrected chi connectivity index (χ4v) is 4.13. The third kappa shape index (κ3) is 0.658. The van der Waals surface area contributed by atoms with Crippen LogP contribution in [0.25, 0.3) is 0 Å². The Morgan fingerprint density at radius 1 is 1.00 bits per heavy atom. The molecule has 5 atom stereocenters. The van der Waals surface area contributed by atoms with Crippen LogP contribution in [-0.4, -0.2) is 6.54 Å². The van der Waals surface area contributed by atoms with Crippen molar-refractivity contribution in [2.24, 2.45) is 35.3 Å². The Balaban J connectivity index is 1.86. The Morgan fingerprint density at radius 2 is 1.82 bits per heavy atom. The summed E-state index contributed by atoms with van der Waals surface area (Å²) in [6, 6.07) is 0. The van der Waals surface area contributed by atoms with Crippen molar-refractivity contribution in [2.45, 2.75) is 25.7 Å². The molecule has 0 aromatic heterocycles. The molecule has 2 N–H and O–H groups in total. The molecule has 62 valence electrons. The van der Waals surface area contributed by atoms with E-state index in [4.69, 9.17) is 5.73 Å². The van der Waals surface area contributed by atoms with Crippen LogP contribution in [-0.2, 0) is 0 Å². The molecule has 3 rings (SSSR count). The molecular formula is C10H17N. The van der Waals surface area contributed by atoms with Crippen molar-refractivity contribution in [3.8, 4) is 0 Å². The van der Waals surface area contributed by atoms with Crippen molar-refractivity contribution in [2.75, 3.05) is 6.54 Å². The van der Waals surface area contributed by atoms with Gasteiger partial charge in [-0.3, -0.25) is 0 Å². The molecular weight excluding hydrogens is 134 g/mol. The van der Waals surface area contributed by atoms with E-state index in [1.807, 2.05) is 0 Å². The van der Waals surface area contributed by atoms with Crippen LogP contribution in [0.15, 0.2) is 0 Å². The summed E-state index contributed by atoms with van der Waals surface area (Å²) in [5.41, 5.74) is 5.77. The molecule has 3 aliphatic carbocycles. The number of rotatable bonds is 1. The fourth-order valence-electron chi connectivity index (χ4n) is 4.13.